The molecule has 0 unspecified atom stereocenters. The van der Waals surface area contributed by atoms with E-state index in [2.05, 4.69) is 26.6 Å². The van der Waals surface area contributed by atoms with Crippen LogP contribution in [-0.2, 0) is 9.59 Å². The highest BCUT2D eigenvalue weighted by molar-refractivity contribution is 9.10. The number of amides is 2. The minimum atomic E-state index is -0.216. The third kappa shape index (κ3) is 6.55. The van der Waals surface area contributed by atoms with Crippen molar-refractivity contribution >= 4 is 39.5 Å². The molecule has 2 aromatic carbocycles. The Hall–Kier alpha value is -2.40. The molecule has 0 aliphatic rings. The molecule has 0 fully saturated rings. The van der Waals surface area contributed by atoms with Gasteiger partial charge >= 0.3 is 0 Å². The Bertz CT molecular complexity index is 783. The fraction of sp³-hybridized carbons (Fsp3) is 0.200. The Balaban J connectivity index is 1.75. The van der Waals surface area contributed by atoms with Crippen LogP contribution in [-0.4, -0.2) is 18.4 Å². The van der Waals surface area contributed by atoms with Gasteiger partial charge in [-0.15, -0.1) is 0 Å². The summed E-state index contributed by atoms with van der Waals surface area (Å²) in [6.07, 6.45) is 3.44. The number of aryl methyl sites for hydroxylation is 2. The van der Waals surface area contributed by atoms with Gasteiger partial charge in [-0.05, 0) is 43.2 Å². The quantitative estimate of drug-likeness (QED) is 0.712. The van der Waals surface area contributed by atoms with Crippen molar-refractivity contribution in [3.63, 3.8) is 0 Å². The van der Waals surface area contributed by atoms with Crippen molar-refractivity contribution in [2.75, 3.05) is 11.9 Å². The van der Waals surface area contributed by atoms with Crippen LogP contribution in [0.5, 0.6) is 0 Å². The van der Waals surface area contributed by atoms with Gasteiger partial charge in [0.25, 0.3) is 0 Å². The van der Waals surface area contributed by atoms with E-state index in [1.807, 2.05) is 56.3 Å². The summed E-state index contributed by atoms with van der Waals surface area (Å²) in [4.78, 5) is 23.8. The van der Waals surface area contributed by atoms with E-state index in [0.29, 0.717) is 0 Å². The molecule has 0 bridgehead atoms. The van der Waals surface area contributed by atoms with E-state index in [-0.39, 0.29) is 24.8 Å². The molecular formula is C20H21BrN2O2. The van der Waals surface area contributed by atoms with Crippen molar-refractivity contribution in [2.24, 2.45) is 0 Å². The molecule has 0 radical (unpaired) electrons. The van der Waals surface area contributed by atoms with Crippen molar-refractivity contribution < 1.29 is 9.59 Å². The molecule has 25 heavy (non-hydrogen) atoms. The monoisotopic (exact) mass is 400 g/mol. The van der Waals surface area contributed by atoms with Crippen LogP contribution in [0, 0.1) is 13.8 Å². The predicted molar refractivity (Wildman–Crippen MR) is 105 cm³/mol. The summed E-state index contributed by atoms with van der Waals surface area (Å²) >= 11 is 3.38. The Labute approximate surface area is 156 Å². The maximum atomic E-state index is 12.0. The number of carbonyl (C=O) groups excluding carboxylic acids is 2. The summed E-state index contributed by atoms with van der Waals surface area (Å²) in [7, 11) is 0. The Morgan fingerprint density at radius 3 is 2.52 bits per heavy atom. The van der Waals surface area contributed by atoms with E-state index in [1.54, 1.807) is 6.08 Å². The average molecular weight is 401 g/mol. The summed E-state index contributed by atoms with van der Waals surface area (Å²) in [5.41, 5.74) is 3.89. The number of carbonyl (C=O) groups is 2. The number of anilines is 1. The number of hydrogen-bond acceptors (Lipinski definition) is 2. The lowest BCUT2D eigenvalue weighted by molar-refractivity contribution is -0.117. The summed E-state index contributed by atoms with van der Waals surface area (Å²) in [6, 6.07) is 13.6. The zero-order chi connectivity index (χ0) is 18.2. The number of hydrogen-bond donors (Lipinski definition) is 2. The molecule has 0 atom stereocenters. The maximum Gasteiger partial charge on any atom is 0.244 e. The largest absolute Gasteiger partial charge is 0.352 e. The predicted octanol–water partition coefficient (Wildman–Crippen LogP) is 4.22. The van der Waals surface area contributed by atoms with Crippen molar-refractivity contribution in [1.29, 1.82) is 0 Å². The molecule has 0 saturated carbocycles. The van der Waals surface area contributed by atoms with Crippen LogP contribution in [0.2, 0.25) is 0 Å². The van der Waals surface area contributed by atoms with Crippen LogP contribution >= 0.6 is 15.9 Å². The highest BCUT2D eigenvalue weighted by atomic mass is 79.9. The van der Waals surface area contributed by atoms with E-state index >= 15 is 0 Å². The molecule has 0 aromatic heterocycles. The highest BCUT2D eigenvalue weighted by Crippen LogP contribution is 2.20. The number of rotatable bonds is 6. The van der Waals surface area contributed by atoms with Gasteiger partial charge in [-0.2, -0.15) is 0 Å². The standard InChI is InChI=1S/C20H21BrN2O2/c1-14-3-6-16(7-4-14)8-10-19(24)22-12-11-20(25)23-18-13-17(21)9-5-15(18)2/h3-10,13H,11-12H2,1-2H3,(H,22,24)(H,23,25)/b10-8+. The van der Waals surface area contributed by atoms with Crippen molar-refractivity contribution in [1.82, 2.24) is 5.32 Å². The van der Waals surface area contributed by atoms with E-state index < -0.39 is 0 Å². The van der Waals surface area contributed by atoms with E-state index in [0.717, 1.165) is 21.3 Å². The number of benzene rings is 2. The van der Waals surface area contributed by atoms with Gasteiger partial charge in [-0.25, -0.2) is 0 Å². The second kappa shape index (κ2) is 9.18. The lowest BCUT2D eigenvalue weighted by Crippen LogP contribution is -2.26. The Morgan fingerprint density at radius 2 is 1.80 bits per heavy atom. The van der Waals surface area contributed by atoms with Crippen molar-refractivity contribution in [2.45, 2.75) is 20.3 Å². The zero-order valence-corrected chi connectivity index (χ0v) is 15.9. The van der Waals surface area contributed by atoms with Gasteiger partial charge in [0.2, 0.25) is 11.8 Å². The van der Waals surface area contributed by atoms with Crippen LogP contribution < -0.4 is 10.6 Å². The molecule has 0 heterocycles. The Kier molecular flexibility index (Phi) is 6.95. The summed E-state index contributed by atoms with van der Waals surface area (Å²) in [6.45, 7) is 4.23. The first-order valence-electron chi connectivity index (χ1n) is 8.02. The molecule has 0 aliphatic carbocycles. The van der Waals surface area contributed by atoms with Gasteiger partial charge in [0.15, 0.2) is 0 Å². The minimum absolute atomic E-state index is 0.135. The minimum Gasteiger partial charge on any atom is -0.352 e. The average Bonchev–Trinajstić information content (AvgIpc) is 2.57. The lowest BCUT2D eigenvalue weighted by atomic mass is 10.1. The third-order valence-corrected chi connectivity index (χ3v) is 4.12. The van der Waals surface area contributed by atoms with Gasteiger partial charge in [0, 0.05) is 29.2 Å². The van der Waals surface area contributed by atoms with Crippen LogP contribution in [0.4, 0.5) is 5.69 Å². The topological polar surface area (TPSA) is 58.2 Å². The summed E-state index contributed by atoms with van der Waals surface area (Å²) in [5, 5.41) is 5.56. The maximum absolute atomic E-state index is 12.0. The van der Waals surface area contributed by atoms with Crippen LogP contribution in [0.15, 0.2) is 53.0 Å². The normalized spacial score (nSPS) is 10.7. The second-order valence-corrected chi connectivity index (χ2v) is 6.71. The molecule has 130 valence electrons. The molecule has 0 spiro atoms. The van der Waals surface area contributed by atoms with Crippen molar-refractivity contribution in [3.05, 3.63) is 69.7 Å². The fourth-order valence-electron chi connectivity index (χ4n) is 2.15. The highest BCUT2D eigenvalue weighted by Gasteiger charge is 2.06. The van der Waals surface area contributed by atoms with Crippen LogP contribution in [0.1, 0.15) is 23.1 Å². The molecule has 2 aromatic rings. The van der Waals surface area contributed by atoms with Crippen molar-refractivity contribution in [3.8, 4) is 0 Å². The van der Waals surface area contributed by atoms with Crippen LogP contribution in [0.25, 0.3) is 6.08 Å². The fourth-order valence-corrected chi connectivity index (χ4v) is 2.51. The van der Waals surface area contributed by atoms with E-state index in [9.17, 15) is 9.59 Å². The lowest BCUT2D eigenvalue weighted by Gasteiger charge is -2.09. The molecular weight excluding hydrogens is 380 g/mol. The first-order chi connectivity index (χ1) is 11.9. The van der Waals surface area contributed by atoms with E-state index in [1.165, 1.54) is 11.6 Å². The van der Waals surface area contributed by atoms with E-state index in [4.69, 9.17) is 0 Å². The second-order valence-electron chi connectivity index (χ2n) is 5.79. The molecule has 4 nitrogen and oxygen atoms in total. The van der Waals surface area contributed by atoms with Gasteiger partial charge in [-0.3, -0.25) is 9.59 Å². The van der Waals surface area contributed by atoms with Gasteiger partial charge in [0.1, 0.15) is 0 Å². The Morgan fingerprint density at radius 1 is 1.08 bits per heavy atom. The summed E-state index contributed by atoms with van der Waals surface area (Å²) in [5.74, 6) is -0.351. The first kappa shape index (κ1) is 18.9. The smallest absolute Gasteiger partial charge is 0.244 e. The molecule has 2 rings (SSSR count). The molecule has 2 amide bonds. The zero-order valence-electron chi connectivity index (χ0n) is 14.3. The summed E-state index contributed by atoms with van der Waals surface area (Å²) < 4.78 is 0.906. The molecule has 0 saturated heterocycles. The number of nitrogens with one attached hydrogen (secondary N) is 2. The molecule has 5 heteroatoms. The van der Waals surface area contributed by atoms with Gasteiger partial charge in [-0.1, -0.05) is 51.8 Å². The number of halogens is 1. The third-order valence-electron chi connectivity index (χ3n) is 3.63. The molecule has 2 N–H and O–H groups in total. The van der Waals surface area contributed by atoms with Crippen LogP contribution in [0.3, 0.4) is 0 Å². The van der Waals surface area contributed by atoms with Gasteiger partial charge in [0.05, 0.1) is 0 Å². The van der Waals surface area contributed by atoms with Gasteiger partial charge < -0.3 is 10.6 Å². The first-order valence-corrected chi connectivity index (χ1v) is 8.82. The SMILES string of the molecule is Cc1ccc(/C=C/C(=O)NCCC(=O)Nc2cc(Br)ccc2C)cc1. The molecule has 0 aliphatic heterocycles.